The predicted molar refractivity (Wildman–Crippen MR) is 108 cm³/mol. The summed E-state index contributed by atoms with van der Waals surface area (Å²) in [6, 6.07) is 13.1. The first-order valence-corrected chi connectivity index (χ1v) is 10.6. The summed E-state index contributed by atoms with van der Waals surface area (Å²) in [6.07, 6.45) is -0.217. The van der Waals surface area contributed by atoms with Crippen LogP contribution in [-0.2, 0) is 19.6 Å². The maximum absolute atomic E-state index is 13.3. The van der Waals surface area contributed by atoms with Crippen molar-refractivity contribution < 1.29 is 18.0 Å². The zero-order chi connectivity index (χ0) is 20.7. The molecule has 1 unspecified atom stereocenters. The molecule has 3 rings (SSSR count). The fraction of sp³-hybridized carbons (Fsp3) is 0.300. The van der Waals surface area contributed by atoms with Gasteiger partial charge in [-0.1, -0.05) is 29.8 Å². The van der Waals surface area contributed by atoms with Gasteiger partial charge in [0, 0.05) is 10.6 Å². The molecule has 8 heteroatoms. The first-order chi connectivity index (χ1) is 13.0. The minimum Gasteiger partial charge on any atom is -0.274 e. The number of amides is 2. The maximum atomic E-state index is 13.3. The van der Waals surface area contributed by atoms with Gasteiger partial charge in [-0.25, -0.2) is 13.3 Å². The number of carbonyl (C=O) groups excluding carboxylic acids is 2. The Morgan fingerprint density at radius 3 is 2.11 bits per heavy atom. The first-order valence-electron chi connectivity index (χ1n) is 8.75. The number of carbonyl (C=O) groups is 2. The molecule has 1 saturated heterocycles. The highest BCUT2D eigenvalue weighted by Crippen LogP contribution is 2.34. The Morgan fingerprint density at radius 2 is 1.57 bits per heavy atom. The number of imide groups is 1. The number of halogens is 1. The quantitative estimate of drug-likeness (QED) is 0.710. The Morgan fingerprint density at radius 1 is 1.00 bits per heavy atom. The molecule has 1 atom stereocenters. The third-order valence-corrected chi connectivity index (χ3v) is 6.89. The van der Waals surface area contributed by atoms with E-state index in [1.54, 1.807) is 63.2 Å². The molecule has 1 aliphatic heterocycles. The predicted octanol–water partition coefficient (Wildman–Crippen LogP) is 3.46. The van der Waals surface area contributed by atoms with E-state index in [0.29, 0.717) is 10.7 Å². The SMILES string of the molecule is CC(C)(C)N(C1CC(=O)N(c2ccc(Cl)cc2)C1=O)S(=O)(=O)c1ccccc1. The van der Waals surface area contributed by atoms with Crippen molar-refractivity contribution in [2.24, 2.45) is 0 Å². The molecule has 6 nitrogen and oxygen atoms in total. The van der Waals surface area contributed by atoms with Crippen LogP contribution < -0.4 is 4.90 Å². The highest BCUT2D eigenvalue weighted by Gasteiger charge is 2.50. The van der Waals surface area contributed by atoms with Crippen LogP contribution in [-0.4, -0.2) is 36.1 Å². The third kappa shape index (κ3) is 3.70. The molecule has 0 bridgehead atoms. The number of rotatable bonds is 4. The Kier molecular flexibility index (Phi) is 5.36. The summed E-state index contributed by atoms with van der Waals surface area (Å²) in [6.45, 7) is 5.11. The summed E-state index contributed by atoms with van der Waals surface area (Å²) in [4.78, 5) is 26.9. The summed E-state index contributed by atoms with van der Waals surface area (Å²) in [7, 11) is -4.00. The highest BCUT2D eigenvalue weighted by molar-refractivity contribution is 7.89. The molecule has 1 heterocycles. The molecular formula is C20H21ClN2O4S. The van der Waals surface area contributed by atoms with Crippen LogP contribution in [0.3, 0.4) is 0 Å². The zero-order valence-corrected chi connectivity index (χ0v) is 17.4. The summed E-state index contributed by atoms with van der Waals surface area (Å²) in [5.74, 6) is -1.02. The summed E-state index contributed by atoms with van der Waals surface area (Å²) in [5, 5.41) is 0.474. The van der Waals surface area contributed by atoms with Crippen LogP contribution in [0.5, 0.6) is 0 Å². The van der Waals surface area contributed by atoms with Crippen molar-refractivity contribution in [2.75, 3.05) is 4.90 Å². The third-order valence-electron chi connectivity index (χ3n) is 4.45. The molecule has 2 aromatic rings. The lowest BCUT2D eigenvalue weighted by atomic mass is 10.1. The van der Waals surface area contributed by atoms with Crippen molar-refractivity contribution >= 4 is 39.1 Å². The molecular weight excluding hydrogens is 400 g/mol. The van der Waals surface area contributed by atoms with Crippen molar-refractivity contribution in [1.29, 1.82) is 0 Å². The summed E-state index contributed by atoms with van der Waals surface area (Å²) < 4.78 is 27.8. The van der Waals surface area contributed by atoms with Crippen LogP contribution in [0.1, 0.15) is 27.2 Å². The van der Waals surface area contributed by atoms with E-state index in [2.05, 4.69) is 0 Å². The van der Waals surface area contributed by atoms with Gasteiger partial charge in [-0.15, -0.1) is 0 Å². The Labute approximate surface area is 169 Å². The van der Waals surface area contributed by atoms with Crippen LogP contribution in [0.25, 0.3) is 0 Å². The van der Waals surface area contributed by atoms with Crippen molar-refractivity contribution in [3.05, 3.63) is 59.6 Å². The van der Waals surface area contributed by atoms with Gasteiger partial charge < -0.3 is 0 Å². The number of benzene rings is 2. The van der Waals surface area contributed by atoms with Gasteiger partial charge >= 0.3 is 0 Å². The van der Waals surface area contributed by atoms with Gasteiger partial charge in [0.1, 0.15) is 6.04 Å². The van der Waals surface area contributed by atoms with E-state index in [0.717, 1.165) is 9.21 Å². The normalized spacial score (nSPS) is 18.2. The van der Waals surface area contributed by atoms with Gasteiger partial charge in [-0.3, -0.25) is 9.59 Å². The fourth-order valence-electron chi connectivity index (χ4n) is 3.36. The van der Waals surface area contributed by atoms with Crippen molar-refractivity contribution in [1.82, 2.24) is 4.31 Å². The minimum atomic E-state index is -4.00. The fourth-order valence-corrected chi connectivity index (χ4v) is 5.44. The summed E-state index contributed by atoms with van der Waals surface area (Å²) in [5.41, 5.74) is -0.543. The average Bonchev–Trinajstić information content (AvgIpc) is 2.89. The van der Waals surface area contributed by atoms with E-state index in [-0.39, 0.29) is 11.3 Å². The van der Waals surface area contributed by atoms with Crippen LogP contribution in [0.2, 0.25) is 5.02 Å². The molecule has 0 spiro atoms. The number of hydrogen-bond donors (Lipinski definition) is 0. The van der Waals surface area contributed by atoms with Gasteiger partial charge in [0.05, 0.1) is 17.0 Å². The summed E-state index contributed by atoms with van der Waals surface area (Å²) >= 11 is 5.88. The second kappa shape index (κ2) is 7.31. The molecule has 1 aliphatic rings. The average molecular weight is 421 g/mol. The minimum absolute atomic E-state index is 0.0788. The lowest BCUT2D eigenvalue weighted by Crippen LogP contribution is -2.54. The Balaban J connectivity index is 2.04. The lowest BCUT2D eigenvalue weighted by molar-refractivity contribution is -0.122. The number of anilines is 1. The molecule has 0 aliphatic carbocycles. The van der Waals surface area contributed by atoms with E-state index in [1.807, 2.05) is 0 Å². The molecule has 28 heavy (non-hydrogen) atoms. The van der Waals surface area contributed by atoms with Crippen LogP contribution in [0, 0.1) is 0 Å². The topological polar surface area (TPSA) is 74.8 Å². The van der Waals surface area contributed by atoms with Gasteiger partial charge in [0.2, 0.25) is 15.9 Å². The second-order valence-corrected chi connectivity index (χ2v) is 9.80. The molecule has 2 aromatic carbocycles. The molecule has 148 valence electrons. The standard InChI is InChI=1S/C20H21ClN2O4S/c1-20(2,3)23(28(26,27)16-7-5-4-6-8-16)17-13-18(24)22(19(17)25)15-11-9-14(21)10-12-15/h4-12,17H,13H2,1-3H3. The van der Waals surface area contributed by atoms with Crippen molar-refractivity contribution in [3.8, 4) is 0 Å². The van der Waals surface area contributed by atoms with E-state index >= 15 is 0 Å². The molecule has 1 fully saturated rings. The van der Waals surface area contributed by atoms with Gasteiger partial charge in [-0.2, -0.15) is 4.31 Å². The second-order valence-electron chi connectivity index (χ2n) is 7.55. The van der Waals surface area contributed by atoms with E-state index < -0.39 is 33.4 Å². The van der Waals surface area contributed by atoms with Crippen LogP contribution in [0.15, 0.2) is 59.5 Å². The van der Waals surface area contributed by atoms with Crippen LogP contribution in [0.4, 0.5) is 5.69 Å². The Bertz CT molecular complexity index is 999. The van der Waals surface area contributed by atoms with Gasteiger partial charge in [0.15, 0.2) is 0 Å². The van der Waals surface area contributed by atoms with E-state index in [9.17, 15) is 18.0 Å². The van der Waals surface area contributed by atoms with Gasteiger partial charge in [0.25, 0.3) is 5.91 Å². The number of nitrogens with zero attached hydrogens (tertiary/aromatic N) is 2. The Hall–Kier alpha value is -2.22. The monoisotopic (exact) mass is 420 g/mol. The van der Waals surface area contributed by atoms with Crippen LogP contribution >= 0.6 is 11.6 Å². The van der Waals surface area contributed by atoms with Crippen molar-refractivity contribution in [2.45, 2.75) is 43.7 Å². The molecule has 0 saturated carbocycles. The zero-order valence-electron chi connectivity index (χ0n) is 15.8. The molecule has 2 amide bonds. The molecule has 0 radical (unpaired) electrons. The number of sulfonamides is 1. The first kappa shape index (κ1) is 20.5. The van der Waals surface area contributed by atoms with E-state index in [4.69, 9.17) is 11.6 Å². The molecule has 0 aromatic heterocycles. The molecule has 0 N–H and O–H groups in total. The van der Waals surface area contributed by atoms with Crippen molar-refractivity contribution in [3.63, 3.8) is 0 Å². The largest absolute Gasteiger partial charge is 0.274 e. The van der Waals surface area contributed by atoms with Gasteiger partial charge in [-0.05, 0) is 57.2 Å². The smallest absolute Gasteiger partial charge is 0.252 e. The lowest BCUT2D eigenvalue weighted by Gasteiger charge is -2.37. The maximum Gasteiger partial charge on any atom is 0.252 e. The highest BCUT2D eigenvalue weighted by atomic mass is 35.5. The van der Waals surface area contributed by atoms with E-state index in [1.165, 1.54) is 12.1 Å². The number of hydrogen-bond acceptors (Lipinski definition) is 4.